The fraction of sp³-hybridized carbons (Fsp3) is 0.353. The monoisotopic (exact) mass is 332 g/mol. The molecule has 0 fully saturated rings. The number of unbranched alkanes of at least 4 members (excludes halogenated alkanes) is 1. The molecule has 0 aliphatic heterocycles. The molecule has 23 heavy (non-hydrogen) atoms. The van der Waals surface area contributed by atoms with Gasteiger partial charge in [0.2, 0.25) is 5.95 Å². The Morgan fingerprint density at radius 2 is 1.96 bits per heavy atom. The molecule has 2 aromatic rings. The predicted octanol–water partition coefficient (Wildman–Crippen LogP) is 4.05. The van der Waals surface area contributed by atoms with Gasteiger partial charge in [0.05, 0.1) is 0 Å². The van der Waals surface area contributed by atoms with Crippen LogP contribution in [0.3, 0.4) is 0 Å². The van der Waals surface area contributed by atoms with Crippen molar-refractivity contribution in [1.82, 2.24) is 14.9 Å². The molecule has 1 aromatic carbocycles. The van der Waals surface area contributed by atoms with Crippen LogP contribution < -0.4 is 5.32 Å². The predicted molar refractivity (Wildman–Crippen MR) is 93.4 cm³/mol. The van der Waals surface area contributed by atoms with E-state index < -0.39 is 0 Å². The van der Waals surface area contributed by atoms with Crippen LogP contribution in [0.5, 0.6) is 0 Å². The minimum absolute atomic E-state index is 0.0943. The van der Waals surface area contributed by atoms with Gasteiger partial charge in [-0.25, -0.2) is 9.97 Å². The number of anilines is 2. The largest absolute Gasteiger partial charge is 0.340 e. The van der Waals surface area contributed by atoms with Gasteiger partial charge in [0.25, 0.3) is 5.91 Å². The zero-order valence-electron chi connectivity index (χ0n) is 13.6. The number of benzene rings is 1. The second-order valence-electron chi connectivity index (χ2n) is 5.43. The number of aryl methyl sites for hydroxylation is 1. The van der Waals surface area contributed by atoms with Crippen LogP contribution in [0, 0.1) is 6.92 Å². The number of aromatic nitrogens is 2. The molecule has 1 heterocycles. The Morgan fingerprint density at radius 3 is 2.61 bits per heavy atom. The molecule has 2 rings (SSSR count). The van der Waals surface area contributed by atoms with Gasteiger partial charge in [-0.3, -0.25) is 4.79 Å². The highest BCUT2D eigenvalue weighted by atomic mass is 35.5. The Labute approximate surface area is 141 Å². The van der Waals surface area contributed by atoms with E-state index in [1.807, 2.05) is 19.1 Å². The molecule has 0 bridgehead atoms. The Bertz CT molecular complexity index is 673. The van der Waals surface area contributed by atoms with Crippen LogP contribution in [-0.4, -0.2) is 34.4 Å². The average molecular weight is 333 g/mol. The molecule has 0 unspecified atom stereocenters. The second kappa shape index (κ2) is 7.92. The van der Waals surface area contributed by atoms with Crippen molar-refractivity contribution in [2.45, 2.75) is 26.7 Å². The van der Waals surface area contributed by atoms with Gasteiger partial charge in [0.15, 0.2) is 0 Å². The van der Waals surface area contributed by atoms with Crippen LogP contribution in [0.15, 0.2) is 30.3 Å². The number of carbonyl (C=O) groups is 1. The third kappa shape index (κ3) is 4.93. The van der Waals surface area contributed by atoms with Gasteiger partial charge in [-0.1, -0.05) is 24.9 Å². The first-order chi connectivity index (χ1) is 11.0. The maximum atomic E-state index is 12.4. The molecule has 0 aliphatic rings. The molecule has 0 aliphatic carbocycles. The molecule has 0 saturated carbocycles. The molecular weight excluding hydrogens is 312 g/mol. The maximum absolute atomic E-state index is 12.4. The minimum Gasteiger partial charge on any atom is -0.340 e. The van der Waals surface area contributed by atoms with Gasteiger partial charge in [-0.05, 0) is 43.7 Å². The summed E-state index contributed by atoms with van der Waals surface area (Å²) in [5.41, 5.74) is 1.95. The van der Waals surface area contributed by atoms with Crippen molar-refractivity contribution in [3.63, 3.8) is 0 Å². The highest BCUT2D eigenvalue weighted by molar-refractivity contribution is 6.30. The topological polar surface area (TPSA) is 58.1 Å². The SMILES string of the molecule is CCCCN(C)C(=O)c1cc(C)nc(Nc2ccc(Cl)cc2)n1. The van der Waals surface area contributed by atoms with Gasteiger partial charge in [0, 0.05) is 30.0 Å². The zero-order valence-corrected chi connectivity index (χ0v) is 14.4. The lowest BCUT2D eigenvalue weighted by Gasteiger charge is -2.17. The Morgan fingerprint density at radius 1 is 1.26 bits per heavy atom. The zero-order chi connectivity index (χ0) is 16.8. The van der Waals surface area contributed by atoms with Gasteiger partial charge < -0.3 is 10.2 Å². The van der Waals surface area contributed by atoms with Crippen molar-refractivity contribution in [1.29, 1.82) is 0 Å². The van der Waals surface area contributed by atoms with E-state index in [4.69, 9.17) is 11.6 Å². The fourth-order valence-corrected chi connectivity index (χ4v) is 2.21. The Balaban J connectivity index is 2.18. The molecule has 1 N–H and O–H groups in total. The summed E-state index contributed by atoms with van der Waals surface area (Å²) in [5.74, 6) is 0.308. The van der Waals surface area contributed by atoms with Crippen molar-refractivity contribution >= 4 is 29.1 Å². The minimum atomic E-state index is -0.0943. The number of amides is 1. The molecule has 6 heteroatoms. The number of rotatable bonds is 6. The molecule has 122 valence electrons. The molecule has 0 saturated heterocycles. The van der Waals surface area contributed by atoms with Crippen LogP contribution in [-0.2, 0) is 0 Å². The first-order valence-corrected chi connectivity index (χ1v) is 8.01. The standard InChI is InChI=1S/C17H21ClN4O/c1-4-5-10-22(3)16(23)15-11-12(2)19-17(21-15)20-14-8-6-13(18)7-9-14/h6-9,11H,4-5,10H2,1-3H3,(H,19,20,21). The number of hydrogen-bond donors (Lipinski definition) is 1. The quantitative estimate of drug-likeness (QED) is 0.866. The lowest BCUT2D eigenvalue weighted by atomic mass is 10.2. The third-order valence-corrected chi connectivity index (χ3v) is 3.62. The van der Waals surface area contributed by atoms with E-state index in [1.165, 1.54) is 0 Å². The van der Waals surface area contributed by atoms with Gasteiger partial charge in [-0.2, -0.15) is 0 Å². The van der Waals surface area contributed by atoms with Crippen LogP contribution in [0.1, 0.15) is 35.9 Å². The number of halogens is 1. The molecule has 0 radical (unpaired) electrons. The third-order valence-electron chi connectivity index (χ3n) is 3.37. The lowest BCUT2D eigenvalue weighted by molar-refractivity contribution is 0.0787. The molecule has 1 amide bonds. The molecule has 0 atom stereocenters. The molecule has 5 nitrogen and oxygen atoms in total. The summed E-state index contributed by atoms with van der Waals surface area (Å²) in [5, 5.41) is 3.76. The summed E-state index contributed by atoms with van der Waals surface area (Å²) in [7, 11) is 1.79. The summed E-state index contributed by atoms with van der Waals surface area (Å²) < 4.78 is 0. The van der Waals surface area contributed by atoms with Gasteiger partial charge in [-0.15, -0.1) is 0 Å². The first-order valence-electron chi connectivity index (χ1n) is 7.63. The second-order valence-corrected chi connectivity index (χ2v) is 5.87. The van der Waals surface area contributed by atoms with E-state index in [-0.39, 0.29) is 5.91 Å². The Hall–Kier alpha value is -2.14. The highest BCUT2D eigenvalue weighted by Crippen LogP contribution is 2.17. The highest BCUT2D eigenvalue weighted by Gasteiger charge is 2.15. The van der Waals surface area contributed by atoms with Crippen molar-refractivity contribution in [3.05, 3.63) is 46.7 Å². The van der Waals surface area contributed by atoms with Crippen LogP contribution in [0.25, 0.3) is 0 Å². The molecular formula is C17H21ClN4O. The van der Waals surface area contributed by atoms with Crippen molar-refractivity contribution < 1.29 is 4.79 Å². The first kappa shape index (κ1) is 17.2. The van der Waals surface area contributed by atoms with E-state index in [9.17, 15) is 4.79 Å². The molecule has 0 spiro atoms. The van der Waals surface area contributed by atoms with Crippen LogP contribution in [0.4, 0.5) is 11.6 Å². The summed E-state index contributed by atoms with van der Waals surface area (Å²) in [6.07, 6.45) is 2.02. The summed E-state index contributed by atoms with van der Waals surface area (Å²) >= 11 is 5.87. The summed E-state index contributed by atoms with van der Waals surface area (Å²) in [4.78, 5) is 22.8. The number of nitrogens with one attached hydrogen (secondary N) is 1. The van der Waals surface area contributed by atoms with Gasteiger partial charge in [0.1, 0.15) is 5.69 Å². The fourth-order valence-electron chi connectivity index (χ4n) is 2.09. The number of hydrogen-bond acceptors (Lipinski definition) is 4. The smallest absolute Gasteiger partial charge is 0.272 e. The van der Waals surface area contributed by atoms with E-state index >= 15 is 0 Å². The van der Waals surface area contributed by atoms with Crippen LogP contribution in [0.2, 0.25) is 5.02 Å². The lowest BCUT2D eigenvalue weighted by Crippen LogP contribution is -2.28. The van der Waals surface area contributed by atoms with Gasteiger partial charge >= 0.3 is 0 Å². The summed E-state index contributed by atoms with van der Waals surface area (Å²) in [6, 6.07) is 8.94. The maximum Gasteiger partial charge on any atom is 0.272 e. The summed E-state index contributed by atoms with van der Waals surface area (Å²) in [6.45, 7) is 4.66. The average Bonchev–Trinajstić information content (AvgIpc) is 2.53. The Kier molecular flexibility index (Phi) is 5.93. The number of carbonyl (C=O) groups excluding carboxylic acids is 1. The van der Waals surface area contributed by atoms with Crippen LogP contribution >= 0.6 is 11.6 Å². The number of nitrogens with zero attached hydrogens (tertiary/aromatic N) is 3. The van der Waals surface area contributed by atoms with E-state index in [0.717, 1.165) is 30.8 Å². The van der Waals surface area contributed by atoms with E-state index in [0.29, 0.717) is 16.7 Å². The van der Waals surface area contributed by atoms with E-state index in [1.54, 1.807) is 30.1 Å². The van der Waals surface area contributed by atoms with Crippen molar-refractivity contribution in [3.8, 4) is 0 Å². The van der Waals surface area contributed by atoms with E-state index in [2.05, 4.69) is 22.2 Å². The molecule has 1 aromatic heterocycles. The van der Waals surface area contributed by atoms with Crippen molar-refractivity contribution in [2.75, 3.05) is 18.9 Å². The normalized spacial score (nSPS) is 10.4. The van der Waals surface area contributed by atoms with Crippen molar-refractivity contribution in [2.24, 2.45) is 0 Å².